The van der Waals surface area contributed by atoms with E-state index >= 15 is 0 Å². The van der Waals surface area contributed by atoms with Gasteiger partial charge in [-0.25, -0.2) is 0 Å². The first kappa shape index (κ1) is 21.4. The maximum Gasteiger partial charge on any atom is 0.228 e. The highest BCUT2D eigenvalue weighted by atomic mass is 35.5. The van der Waals surface area contributed by atoms with Gasteiger partial charge in [0.2, 0.25) is 5.91 Å². The van der Waals surface area contributed by atoms with Gasteiger partial charge in [0.1, 0.15) is 0 Å². The zero-order valence-electron chi connectivity index (χ0n) is 13.3. The largest absolute Gasteiger partial charge is 0.326 e. The van der Waals surface area contributed by atoms with Crippen LogP contribution < -0.4 is 10.6 Å². The fourth-order valence-corrected chi connectivity index (χ4v) is 2.11. The lowest BCUT2D eigenvalue weighted by molar-refractivity contribution is -0.119. The van der Waals surface area contributed by atoms with E-state index in [2.05, 4.69) is 15.6 Å². The van der Waals surface area contributed by atoms with Crippen molar-refractivity contribution < 1.29 is 4.79 Å². The van der Waals surface area contributed by atoms with Crippen LogP contribution in [0.2, 0.25) is 0 Å². The van der Waals surface area contributed by atoms with Crippen molar-refractivity contribution in [2.24, 2.45) is 5.92 Å². The van der Waals surface area contributed by atoms with Crippen LogP contribution in [0.5, 0.6) is 0 Å². The maximum absolute atomic E-state index is 11.9. The first-order chi connectivity index (χ1) is 10.2. The van der Waals surface area contributed by atoms with Gasteiger partial charge in [0.15, 0.2) is 0 Å². The zero-order chi connectivity index (χ0) is 15.1. The van der Waals surface area contributed by atoms with Gasteiger partial charge in [-0.15, -0.1) is 24.8 Å². The molecule has 126 valence electrons. The quantitative estimate of drug-likeness (QED) is 0.835. The number of nitrogens with one attached hydrogen (secondary N) is 2. The van der Waals surface area contributed by atoms with E-state index in [1.165, 1.54) is 11.1 Å². The van der Waals surface area contributed by atoms with Gasteiger partial charge in [-0.05, 0) is 48.9 Å². The first-order valence-corrected chi connectivity index (χ1v) is 7.12. The van der Waals surface area contributed by atoms with Gasteiger partial charge in [-0.2, -0.15) is 0 Å². The number of amides is 1. The molecule has 2 N–H and O–H groups in total. The molecule has 1 aromatic heterocycles. The van der Waals surface area contributed by atoms with Gasteiger partial charge in [0.25, 0.3) is 0 Å². The van der Waals surface area contributed by atoms with Crippen molar-refractivity contribution in [1.29, 1.82) is 0 Å². The van der Waals surface area contributed by atoms with E-state index in [9.17, 15) is 4.79 Å². The minimum atomic E-state index is -0.0495. The van der Waals surface area contributed by atoms with E-state index in [0.29, 0.717) is 6.54 Å². The van der Waals surface area contributed by atoms with E-state index < -0.39 is 0 Å². The molecule has 0 aliphatic rings. The van der Waals surface area contributed by atoms with E-state index in [1.807, 2.05) is 50.4 Å². The Morgan fingerprint density at radius 2 is 1.61 bits per heavy atom. The molecule has 0 aliphatic carbocycles. The van der Waals surface area contributed by atoms with Gasteiger partial charge in [-0.1, -0.05) is 19.1 Å². The van der Waals surface area contributed by atoms with Crippen LogP contribution in [0.4, 0.5) is 5.69 Å². The van der Waals surface area contributed by atoms with Crippen LogP contribution in [0.1, 0.15) is 18.1 Å². The standard InChI is InChI=1S/C17H21N3O.2ClH/c1-13(12-18-2)17(21)20-16-5-3-14(4-6-16)11-15-7-9-19-10-8-15;;/h3-10,13,18H,11-12H2,1-2H3,(H,20,21);2*1H. The van der Waals surface area contributed by atoms with Crippen LogP contribution in [-0.2, 0) is 11.2 Å². The molecule has 1 aromatic carbocycles. The van der Waals surface area contributed by atoms with Crippen molar-refractivity contribution in [3.05, 3.63) is 59.9 Å². The molecule has 6 heteroatoms. The highest BCUT2D eigenvalue weighted by Crippen LogP contribution is 2.14. The number of anilines is 1. The summed E-state index contributed by atoms with van der Waals surface area (Å²) < 4.78 is 0. The summed E-state index contributed by atoms with van der Waals surface area (Å²) in [7, 11) is 1.84. The Morgan fingerprint density at radius 3 is 2.17 bits per heavy atom. The third-order valence-corrected chi connectivity index (χ3v) is 3.34. The summed E-state index contributed by atoms with van der Waals surface area (Å²) in [5, 5.41) is 5.93. The van der Waals surface area contributed by atoms with Crippen LogP contribution in [0.15, 0.2) is 48.8 Å². The van der Waals surface area contributed by atoms with Crippen LogP contribution >= 0.6 is 24.8 Å². The fourth-order valence-electron chi connectivity index (χ4n) is 2.11. The van der Waals surface area contributed by atoms with Crippen molar-refractivity contribution in [3.8, 4) is 0 Å². The molecule has 0 fully saturated rings. The minimum absolute atomic E-state index is 0. The molecule has 1 heterocycles. The summed E-state index contributed by atoms with van der Waals surface area (Å²) in [6.07, 6.45) is 4.47. The molecule has 0 aliphatic heterocycles. The lowest BCUT2D eigenvalue weighted by Gasteiger charge is -2.12. The first-order valence-electron chi connectivity index (χ1n) is 7.12. The van der Waals surface area contributed by atoms with Crippen LogP contribution in [0.25, 0.3) is 0 Å². The van der Waals surface area contributed by atoms with Gasteiger partial charge >= 0.3 is 0 Å². The second-order valence-corrected chi connectivity index (χ2v) is 5.18. The number of hydrogen-bond acceptors (Lipinski definition) is 3. The second kappa shape index (κ2) is 11.0. The number of hydrogen-bond donors (Lipinski definition) is 2. The highest BCUT2D eigenvalue weighted by molar-refractivity contribution is 5.92. The SMILES string of the molecule is CNCC(C)C(=O)Nc1ccc(Cc2ccncc2)cc1.Cl.Cl. The lowest BCUT2D eigenvalue weighted by atomic mass is 10.1. The van der Waals surface area contributed by atoms with E-state index in [-0.39, 0.29) is 36.6 Å². The van der Waals surface area contributed by atoms with Gasteiger partial charge in [0.05, 0.1) is 0 Å². The third kappa shape index (κ3) is 6.99. The molecule has 0 saturated heterocycles. The second-order valence-electron chi connectivity index (χ2n) is 5.18. The summed E-state index contributed by atoms with van der Waals surface area (Å²) in [6, 6.07) is 12.0. The number of carbonyl (C=O) groups is 1. The summed E-state index contributed by atoms with van der Waals surface area (Å²) in [5.74, 6) is -0.0160. The molecule has 0 spiro atoms. The smallest absolute Gasteiger partial charge is 0.228 e. The summed E-state index contributed by atoms with van der Waals surface area (Å²) >= 11 is 0. The van der Waals surface area contributed by atoms with Crippen LogP contribution in [0, 0.1) is 5.92 Å². The Hall–Kier alpha value is -1.62. The fraction of sp³-hybridized carbons (Fsp3) is 0.294. The number of nitrogens with zero attached hydrogens (tertiary/aromatic N) is 1. The van der Waals surface area contributed by atoms with E-state index in [0.717, 1.165) is 12.1 Å². The van der Waals surface area contributed by atoms with Crippen molar-refractivity contribution in [2.45, 2.75) is 13.3 Å². The topological polar surface area (TPSA) is 54.0 Å². The molecule has 1 amide bonds. The van der Waals surface area contributed by atoms with E-state index in [4.69, 9.17) is 0 Å². The van der Waals surface area contributed by atoms with Gasteiger partial charge in [-0.3, -0.25) is 9.78 Å². The number of carbonyl (C=O) groups excluding carboxylic acids is 1. The molecule has 1 atom stereocenters. The molecule has 1 unspecified atom stereocenters. The van der Waals surface area contributed by atoms with E-state index in [1.54, 1.807) is 12.4 Å². The predicted molar refractivity (Wildman–Crippen MR) is 99.7 cm³/mol. The van der Waals surface area contributed by atoms with Crippen LogP contribution in [-0.4, -0.2) is 24.5 Å². The summed E-state index contributed by atoms with van der Waals surface area (Å²) in [5.41, 5.74) is 3.27. The number of aromatic nitrogens is 1. The van der Waals surface area contributed by atoms with Crippen molar-refractivity contribution in [1.82, 2.24) is 10.3 Å². The number of halogens is 2. The third-order valence-electron chi connectivity index (χ3n) is 3.34. The molecule has 0 bridgehead atoms. The summed E-state index contributed by atoms with van der Waals surface area (Å²) in [4.78, 5) is 15.9. The molecule has 0 saturated carbocycles. The normalized spacial score (nSPS) is 10.9. The predicted octanol–water partition coefficient (Wildman–Crippen LogP) is 3.31. The van der Waals surface area contributed by atoms with Crippen molar-refractivity contribution in [2.75, 3.05) is 18.9 Å². The average Bonchev–Trinajstić information content (AvgIpc) is 2.50. The molecule has 23 heavy (non-hydrogen) atoms. The Balaban J connectivity index is 0.00000242. The molecule has 0 radical (unpaired) electrons. The zero-order valence-corrected chi connectivity index (χ0v) is 14.9. The molecular formula is C17H23Cl2N3O. The maximum atomic E-state index is 11.9. The number of benzene rings is 1. The Kier molecular flexibility index (Phi) is 10.2. The minimum Gasteiger partial charge on any atom is -0.326 e. The van der Waals surface area contributed by atoms with Crippen molar-refractivity contribution in [3.63, 3.8) is 0 Å². The molecule has 2 rings (SSSR count). The Bertz CT molecular complexity index is 576. The highest BCUT2D eigenvalue weighted by Gasteiger charge is 2.11. The Morgan fingerprint density at radius 1 is 1.04 bits per heavy atom. The van der Waals surface area contributed by atoms with Gasteiger partial charge in [0, 0.05) is 30.5 Å². The Labute approximate surface area is 149 Å². The molecule has 2 aromatic rings. The molecule has 4 nitrogen and oxygen atoms in total. The summed E-state index contributed by atoms with van der Waals surface area (Å²) in [6.45, 7) is 2.58. The van der Waals surface area contributed by atoms with Crippen molar-refractivity contribution >= 4 is 36.4 Å². The number of pyridine rings is 1. The molecular weight excluding hydrogens is 333 g/mol. The number of rotatable bonds is 6. The van der Waals surface area contributed by atoms with Crippen LogP contribution in [0.3, 0.4) is 0 Å². The van der Waals surface area contributed by atoms with Gasteiger partial charge < -0.3 is 10.6 Å². The average molecular weight is 356 g/mol. The monoisotopic (exact) mass is 355 g/mol. The lowest BCUT2D eigenvalue weighted by Crippen LogP contribution is -2.28.